The Bertz CT molecular complexity index is 688. The van der Waals surface area contributed by atoms with Crippen molar-refractivity contribution >= 4 is 18.2 Å². The fourth-order valence-electron chi connectivity index (χ4n) is 4.30. The standard InChI is InChI=1S/C20H28FN3O4/c1-3-28-20(26)24-16-4-5-17(24)11-14(10-16)22-8-9-23(13-25)15-6-7-18(21)19(12-15)27-2/h6-7,12-14,16-17,22H,3-5,8-11H2,1-2H3. The third kappa shape index (κ3) is 4.38. The topological polar surface area (TPSA) is 71.1 Å². The van der Waals surface area contributed by atoms with Crippen molar-refractivity contribution in [3.63, 3.8) is 0 Å². The molecule has 2 amide bonds. The smallest absolute Gasteiger partial charge is 0.410 e. The molecule has 2 atom stereocenters. The van der Waals surface area contributed by atoms with E-state index in [1.165, 1.54) is 24.1 Å². The Labute approximate surface area is 164 Å². The molecule has 2 aliphatic heterocycles. The van der Waals surface area contributed by atoms with Crippen molar-refractivity contribution in [1.82, 2.24) is 10.2 Å². The molecule has 0 spiro atoms. The lowest BCUT2D eigenvalue weighted by atomic mass is 9.98. The monoisotopic (exact) mass is 393 g/mol. The SMILES string of the molecule is CCOC(=O)N1C2CCC1CC(NCCN(C=O)c1ccc(F)c(OC)c1)C2. The number of benzene rings is 1. The van der Waals surface area contributed by atoms with Gasteiger partial charge in [0.2, 0.25) is 6.41 Å². The minimum absolute atomic E-state index is 0.111. The fraction of sp³-hybridized carbons (Fsp3) is 0.600. The molecule has 1 N–H and O–H groups in total. The maximum absolute atomic E-state index is 13.6. The number of anilines is 1. The number of fused-ring (bicyclic) bond motifs is 2. The van der Waals surface area contributed by atoms with Gasteiger partial charge in [-0.3, -0.25) is 4.79 Å². The van der Waals surface area contributed by atoms with Crippen molar-refractivity contribution in [2.45, 2.75) is 50.7 Å². The molecule has 2 saturated heterocycles. The highest BCUT2D eigenvalue weighted by Gasteiger charge is 2.43. The highest BCUT2D eigenvalue weighted by Crippen LogP contribution is 2.36. The summed E-state index contributed by atoms with van der Waals surface area (Å²) in [6.45, 7) is 3.30. The van der Waals surface area contributed by atoms with Gasteiger partial charge in [-0.2, -0.15) is 0 Å². The second-order valence-corrected chi connectivity index (χ2v) is 7.23. The highest BCUT2D eigenvalue weighted by molar-refractivity contribution is 5.75. The van der Waals surface area contributed by atoms with Crippen molar-refractivity contribution in [1.29, 1.82) is 0 Å². The first-order chi connectivity index (χ1) is 13.6. The van der Waals surface area contributed by atoms with E-state index in [-0.39, 0.29) is 23.9 Å². The van der Waals surface area contributed by atoms with E-state index in [0.29, 0.717) is 31.4 Å². The summed E-state index contributed by atoms with van der Waals surface area (Å²) in [7, 11) is 1.39. The van der Waals surface area contributed by atoms with E-state index in [4.69, 9.17) is 9.47 Å². The van der Waals surface area contributed by atoms with E-state index in [0.717, 1.165) is 32.1 Å². The first-order valence-corrected chi connectivity index (χ1v) is 9.81. The molecule has 0 aromatic heterocycles. The number of amides is 2. The molecule has 28 heavy (non-hydrogen) atoms. The molecule has 0 saturated carbocycles. The molecule has 2 fully saturated rings. The predicted molar refractivity (Wildman–Crippen MR) is 103 cm³/mol. The number of rotatable bonds is 8. The summed E-state index contributed by atoms with van der Waals surface area (Å²) in [5.74, 6) is -0.348. The average molecular weight is 393 g/mol. The molecule has 154 valence electrons. The minimum atomic E-state index is -0.459. The van der Waals surface area contributed by atoms with Crippen molar-refractivity contribution in [3.8, 4) is 5.75 Å². The van der Waals surface area contributed by atoms with Crippen molar-refractivity contribution < 1.29 is 23.5 Å². The minimum Gasteiger partial charge on any atom is -0.494 e. The van der Waals surface area contributed by atoms with E-state index in [1.807, 2.05) is 11.8 Å². The van der Waals surface area contributed by atoms with Gasteiger partial charge in [0.25, 0.3) is 0 Å². The molecule has 8 heteroatoms. The van der Waals surface area contributed by atoms with Crippen LogP contribution in [0, 0.1) is 5.82 Å². The molecule has 2 heterocycles. The number of ether oxygens (including phenoxy) is 2. The third-order valence-electron chi connectivity index (χ3n) is 5.59. The van der Waals surface area contributed by atoms with Gasteiger partial charge in [-0.05, 0) is 44.7 Å². The van der Waals surface area contributed by atoms with Crippen LogP contribution in [0.25, 0.3) is 0 Å². The Morgan fingerprint density at radius 3 is 2.68 bits per heavy atom. The quantitative estimate of drug-likeness (QED) is 0.688. The Morgan fingerprint density at radius 1 is 1.36 bits per heavy atom. The summed E-state index contributed by atoms with van der Waals surface area (Å²) in [4.78, 5) is 27.0. The molecule has 3 rings (SSSR count). The fourth-order valence-corrected chi connectivity index (χ4v) is 4.30. The number of hydrogen-bond acceptors (Lipinski definition) is 5. The maximum Gasteiger partial charge on any atom is 0.410 e. The van der Waals surface area contributed by atoms with Crippen LogP contribution in [-0.4, -0.2) is 62.3 Å². The van der Waals surface area contributed by atoms with Crippen molar-refractivity contribution in [2.75, 3.05) is 31.7 Å². The second kappa shape index (κ2) is 9.23. The van der Waals surface area contributed by atoms with Crippen molar-refractivity contribution in [3.05, 3.63) is 24.0 Å². The Morgan fingerprint density at radius 2 is 2.07 bits per heavy atom. The van der Waals surface area contributed by atoms with Gasteiger partial charge in [-0.15, -0.1) is 0 Å². The van der Waals surface area contributed by atoms with Gasteiger partial charge in [0, 0.05) is 43.0 Å². The lowest BCUT2D eigenvalue weighted by Crippen LogP contribution is -2.52. The van der Waals surface area contributed by atoms with Gasteiger partial charge >= 0.3 is 6.09 Å². The molecule has 0 aliphatic carbocycles. The van der Waals surface area contributed by atoms with Gasteiger partial charge in [-0.25, -0.2) is 9.18 Å². The summed E-state index contributed by atoms with van der Waals surface area (Å²) in [5.41, 5.74) is 0.590. The van der Waals surface area contributed by atoms with Crippen LogP contribution in [0.1, 0.15) is 32.6 Å². The molecular weight excluding hydrogens is 365 g/mol. The number of carbonyl (C=O) groups is 2. The first kappa shape index (κ1) is 20.4. The summed E-state index contributed by atoms with van der Waals surface area (Å²) < 4.78 is 23.7. The largest absolute Gasteiger partial charge is 0.494 e. The maximum atomic E-state index is 13.6. The molecule has 2 bridgehead atoms. The number of nitrogens with zero attached hydrogens (tertiary/aromatic N) is 2. The van der Waals surface area contributed by atoms with E-state index in [2.05, 4.69) is 5.32 Å². The summed E-state index contributed by atoms with van der Waals surface area (Å²) >= 11 is 0. The van der Waals surface area contributed by atoms with Crippen LogP contribution in [0.5, 0.6) is 5.75 Å². The van der Waals surface area contributed by atoms with Crippen LogP contribution in [0.4, 0.5) is 14.9 Å². The lowest BCUT2D eigenvalue weighted by Gasteiger charge is -2.38. The summed E-state index contributed by atoms with van der Waals surface area (Å²) in [5, 5.41) is 3.50. The predicted octanol–water partition coefficient (Wildman–Crippen LogP) is 2.54. The molecule has 2 aliphatic rings. The van der Waals surface area contributed by atoms with Gasteiger partial charge in [0.05, 0.1) is 13.7 Å². The Balaban J connectivity index is 1.51. The zero-order chi connectivity index (χ0) is 20.1. The number of methoxy groups -OCH3 is 1. The van der Waals surface area contributed by atoms with Crippen LogP contribution in [0.2, 0.25) is 0 Å². The first-order valence-electron chi connectivity index (χ1n) is 9.81. The van der Waals surface area contributed by atoms with Gasteiger partial charge in [-0.1, -0.05) is 0 Å². The summed E-state index contributed by atoms with van der Waals surface area (Å²) in [6.07, 6.45) is 4.34. The Kier molecular flexibility index (Phi) is 6.72. The highest BCUT2D eigenvalue weighted by atomic mass is 19.1. The van der Waals surface area contributed by atoms with Crippen LogP contribution in [0.15, 0.2) is 18.2 Å². The second-order valence-electron chi connectivity index (χ2n) is 7.23. The molecule has 1 aromatic carbocycles. The van der Waals surface area contributed by atoms with E-state index >= 15 is 0 Å². The molecule has 0 radical (unpaired) electrons. The normalized spacial score (nSPS) is 23.4. The van der Waals surface area contributed by atoms with Crippen LogP contribution < -0.4 is 15.0 Å². The zero-order valence-electron chi connectivity index (χ0n) is 16.4. The number of halogens is 1. The Hall–Kier alpha value is -2.35. The number of piperidine rings is 1. The van der Waals surface area contributed by atoms with Crippen LogP contribution in [0.3, 0.4) is 0 Å². The van der Waals surface area contributed by atoms with Crippen LogP contribution in [-0.2, 0) is 9.53 Å². The summed E-state index contributed by atoms with van der Waals surface area (Å²) in [6, 6.07) is 5.12. The van der Waals surface area contributed by atoms with Gasteiger partial charge < -0.3 is 24.6 Å². The molecule has 7 nitrogen and oxygen atoms in total. The van der Waals surface area contributed by atoms with Gasteiger partial charge in [0.1, 0.15) is 0 Å². The van der Waals surface area contributed by atoms with E-state index < -0.39 is 5.82 Å². The van der Waals surface area contributed by atoms with E-state index in [1.54, 1.807) is 6.07 Å². The molecule has 1 aromatic rings. The lowest BCUT2D eigenvalue weighted by molar-refractivity contribution is -0.107. The van der Waals surface area contributed by atoms with Crippen molar-refractivity contribution in [2.24, 2.45) is 0 Å². The average Bonchev–Trinajstić information content (AvgIpc) is 2.97. The number of carbonyl (C=O) groups excluding carboxylic acids is 2. The number of nitrogens with one attached hydrogen (secondary N) is 1. The number of hydrogen-bond donors (Lipinski definition) is 1. The molecular formula is C20H28FN3O4. The third-order valence-corrected chi connectivity index (χ3v) is 5.59. The van der Waals surface area contributed by atoms with Gasteiger partial charge in [0.15, 0.2) is 11.6 Å². The van der Waals surface area contributed by atoms with Crippen LogP contribution >= 0.6 is 0 Å². The zero-order valence-corrected chi connectivity index (χ0v) is 16.4. The van der Waals surface area contributed by atoms with E-state index in [9.17, 15) is 14.0 Å². The molecule has 2 unspecified atom stereocenters.